The monoisotopic (exact) mass is 483 g/mol. The summed E-state index contributed by atoms with van der Waals surface area (Å²) in [6.07, 6.45) is 2.46. The number of aromatic amines is 1. The van der Waals surface area contributed by atoms with E-state index in [0.29, 0.717) is 51.4 Å². The van der Waals surface area contributed by atoms with E-state index in [4.69, 9.17) is 9.47 Å². The van der Waals surface area contributed by atoms with E-state index in [1.165, 1.54) is 0 Å². The summed E-state index contributed by atoms with van der Waals surface area (Å²) in [7, 11) is 0. The van der Waals surface area contributed by atoms with Gasteiger partial charge in [-0.15, -0.1) is 0 Å². The molecule has 8 heteroatoms. The van der Waals surface area contributed by atoms with Gasteiger partial charge in [0.25, 0.3) is 0 Å². The van der Waals surface area contributed by atoms with Crippen molar-refractivity contribution in [2.45, 2.75) is 59.9 Å². The lowest BCUT2D eigenvalue weighted by molar-refractivity contribution is -0.135. The van der Waals surface area contributed by atoms with Crippen LogP contribution in [0.3, 0.4) is 0 Å². The molecule has 2 amide bonds. The number of ether oxygens (including phenoxy) is 2. The zero-order valence-electron chi connectivity index (χ0n) is 21.2. The van der Waals surface area contributed by atoms with Crippen molar-refractivity contribution >= 4 is 17.8 Å². The second-order valence-corrected chi connectivity index (χ2v) is 8.92. The largest absolute Gasteiger partial charge is 0.494 e. The van der Waals surface area contributed by atoms with Crippen LogP contribution in [0, 0.1) is 19.8 Å². The van der Waals surface area contributed by atoms with Gasteiger partial charge in [-0.2, -0.15) is 0 Å². The first-order chi connectivity index (χ1) is 16.8. The third-order valence-corrected chi connectivity index (χ3v) is 6.51. The molecule has 0 bridgehead atoms. The van der Waals surface area contributed by atoms with Crippen molar-refractivity contribution in [3.63, 3.8) is 0 Å². The molecule has 1 fully saturated rings. The van der Waals surface area contributed by atoms with E-state index in [2.05, 4.69) is 10.3 Å². The number of likely N-dealkylation sites (tertiary alicyclic amines) is 1. The smallest absolute Gasteiger partial charge is 0.355 e. The number of esters is 1. The number of rotatable bonds is 10. The van der Waals surface area contributed by atoms with Gasteiger partial charge in [-0.3, -0.25) is 9.59 Å². The molecule has 0 spiro atoms. The molecule has 2 N–H and O–H groups in total. The molecule has 0 saturated carbocycles. The van der Waals surface area contributed by atoms with Gasteiger partial charge in [-0.05, 0) is 75.8 Å². The number of aromatic nitrogens is 1. The van der Waals surface area contributed by atoms with Gasteiger partial charge in [0.05, 0.1) is 19.1 Å². The average Bonchev–Trinajstić information content (AvgIpc) is 3.15. The van der Waals surface area contributed by atoms with Crippen LogP contribution < -0.4 is 10.1 Å². The number of H-pyrrole nitrogens is 1. The normalized spacial score (nSPS) is 15.5. The molecule has 0 radical (unpaired) electrons. The quantitative estimate of drug-likeness (QED) is 0.502. The van der Waals surface area contributed by atoms with E-state index >= 15 is 0 Å². The number of nitrogens with zero attached hydrogens (tertiary/aromatic N) is 1. The summed E-state index contributed by atoms with van der Waals surface area (Å²) in [5.41, 5.74) is 4.14. The molecule has 1 aromatic heterocycles. The Balaban J connectivity index is 1.51. The Bertz CT molecular complexity index is 1030. The highest BCUT2D eigenvalue weighted by Gasteiger charge is 2.28. The topological polar surface area (TPSA) is 101 Å². The van der Waals surface area contributed by atoms with Crippen LogP contribution in [0.5, 0.6) is 5.75 Å². The van der Waals surface area contributed by atoms with Crippen molar-refractivity contribution in [3.8, 4) is 5.75 Å². The van der Waals surface area contributed by atoms with Gasteiger partial charge >= 0.3 is 5.97 Å². The van der Waals surface area contributed by atoms with Crippen molar-refractivity contribution in [2.24, 2.45) is 5.92 Å². The highest BCUT2D eigenvalue weighted by atomic mass is 16.5. The molecule has 2 heterocycles. The Morgan fingerprint density at radius 1 is 1.11 bits per heavy atom. The molecule has 1 unspecified atom stereocenters. The first-order valence-electron chi connectivity index (χ1n) is 12.5. The van der Waals surface area contributed by atoms with Crippen LogP contribution in [-0.2, 0) is 27.3 Å². The van der Waals surface area contributed by atoms with E-state index in [0.717, 1.165) is 41.0 Å². The van der Waals surface area contributed by atoms with E-state index in [9.17, 15) is 14.4 Å². The third-order valence-electron chi connectivity index (χ3n) is 6.51. The number of benzene rings is 1. The Labute approximate surface area is 207 Å². The van der Waals surface area contributed by atoms with Crippen molar-refractivity contribution in [1.82, 2.24) is 15.2 Å². The highest BCUT2D eigenvalue weighted by Crippen LogP contribution is 2.22. The fraction of sp³-hybridized carbons (Fsp3) is 0.519. The molecule has 190 valence electrons. The number of aryl methyl sites for hydroxylation is 1. The van der Waals surface area contributed by atoms with Gasteiger partial charge in [-0.1, -0.05) is 12.1 Å². The predicted molar refractivity (Wildman–Crippen MR) is 133 cm³/mol. The molecule has 0 aliphatic carbocycles. The Morgan fingerprint density at radius 3 is 2.54 bits per heavy atom. The minimum atomic E-state index is -0.374. The number of nitrogens with one attached hydrogen (secondary N) is 2. The van der Waals surface area contributed by atoms with Gasteiger partial charge in [-0.25, -0.2) is 4.79 Å². The summed E-state index contributed by atoms with van der Waals surface area (Å²) in [5.74, 6) is 0.244. The SMILES string of the molecule is CCOC(=O)c1[nH]c(C)c(CCC(=O)N2CCCC(C(=O)NCc3ccc(OCC)cc3)C2)c1C. The van der Waals surface area contributed by atoms with Gasteiger partial charge in [0, 0.05) is 31.7 Å². The summed E-state index contributed by atoms with van der Waals surface area (Å²) in [4.78, 5) is 42.8. The second-order valence-electron chi connectivity index (χ2n) is 8.92. The maximum atomic E-state index is 13.0. The molecule has 35 heavy (non-hydrogen) atoms. The molecule has 1 aromatic carbocycles. The van der Waals surface area contributed by atoms with Gasteiger partial charge in [0.15, 0.2) is 0 Å². The Kier molecular flexibility index (Phi) is 9.34. The lowest BCUT2D eigenvalue weighted by atomic mass is 9.96. The zero-order chi connectivity index (χ0) is 25.4. The molecule has 3 rings (SSSR count). The van der Waals surface area contributed by atoms with Crippen molar-refractivity contribution in [1.29, 1.82) is 0 Å². The number of carbonyl (C=O) groups excluding carboxylic acids is 3. The van der Waals surface area contributed by atoms with E-state index in [1.807, 2.05) is 45.0 Å². The lowest BCUT2D eigenvalue weighted by Gasteiger charge is -2.32. The van der Waals surface area contributed by atoms with E-state index in [1.54, 1.807) is 11.8 Å². The second kappa shape index (κ2) is 12.4. The minimum Gasteiger partial charge on any atom is -0.494 e. The zero-order valence-corrected chi connectivity index (χ0v) is 21.2. The summed E-state index contributed by atoms with van der Waals surface area (Å²) < 4.78 is 10.6. The molecule has 1 aliphatic heterocycles. The first kappa shape index (κ1) is 26.3. The summed E-state index contributed by atoms with van der Waals surface area (Å²) in [6.45, 7) is 9.98. The molecule has 2 aromatic rings. The van der Waals surface area contributed by atoms with E-state index < -0.39 is 0 Å². The lowest BCUT2D eigenvalue weighted by Crippen LogP contribution is -2.45. The van der Waals surface area contributed by atoms with Crippen LogP contribution in [0.4, 0.5) is 0 Å². The number of carbonyl (C=O) groups is 3. The van der Waals surface area contributed by atoms with Crippen LogP contribution in [-0.4, -0.2) is 54.0 Å². The predicted octanol–water partition coefficient (Wildman–Crippen LogP) is 3.69. The fourth-order valence-corrected chi connectivity index (χ4v) is 4.58. The number of piperidine rings is 1. The fourth-order valence-electron chi connectivity index (χ4n) is 4.58. The number of hydrogen-bond donors (Lipinski definition) is 2. The molecule has 8 nitrogen and oxygen atoms in total. The third kappa shape index (κ3) is 6.87. The standard InChI is InChI=1S/C27H37N3O5/c1-5-34-22-11-9-20(10-12-22)16-28-26(32)21-8-7-15-30(17-21)24(31)14-13-23-18(3)25(29-19(23)4)27(33)35-6-2/h9-12,21,29H,5-8,13-17H2,1-4H3,(H,28,32). The highest BCUT2D eigenvalue weighted by molar-refractivity contribution is 5.90. The number of hydrogen-bond acceptors (Lipinski definition) is 5. The van der Waals surface area contributed by atoms with Gasteiger partial charge < -0.3 is 24.7 Å². The van der Waals surface area contributed by atoms with E-state index in [-0.39, 0.29) is 23.7 Å². The van der Waals surface area contributed by atoms with Crippen molar-refractivity contribution in [3.05, 3.63) is 52.3 Å². The summed E-state index contributed by atoms with van der Waals surface area (Å²) >= 11 is 0. The van der Waals surface area contributed by atoms with Crippen LogP contribution >= 0.6 is 0 Å². The van der Waals surface area contributed by atoms with Gasteiger partial charge in [0.1, 0.15) is 11.4 Å². The maximum Gasteiger partial charge on any atom is 0.355 e. The molecular formula is C27H37N3O5. The molecule has 1 saturated heterocycles. The summed E-state index contributed by atoms with van der Waals surface area (Å²) in [6, 6.07) is 7.69. The maximum absolute atomic E-state index is 13.0. The van der Waals surface area contributed by atoms with Crippen LogP contribution in [0.15, 0.2) is 24.3 Å². The van der Waals surface area contributed by atoms with Crippen LogP contribution in [0.25, 0.3) is 0 Å². The van der Waals surface area contributed by atoms with Crippen LogP contribution in [0.2, 0.25) is 0 Å². The summed E-state index contributed by atoms with van der Waals surface area (Å²) in [5, 5.41) is 3.01. The first-order valence-corrected chi connectivity index (χ1v) is 12.5. The minimum absolute atomic E-state index is 0.0206. The molecule has 1 aliphatic rings. The molecular weight excluding hydrogens is 446 g/mol. The van der Waals surface area contributed by atoms with Crippen LogP contribution in [0.1, 0.15) is 66.0 Å². The van der Waals surface area contributed by atoms with Crippen molar-refractivity contribution in [2.75, 3.05) is 26.3 Å². The average molecular weight is 484 g/mol. The number of amides is 2. The van der Waals surface area contributed by atoms with Crippen molar-refractivity contribution < 1.29 is 23.9 Å². The molecule has 1 atom stereocenters. The Morgan fingerprint density at radius 2 is 1.86 bits per heavy atom. The Hall–Kier alpha value is -3.29. The van der Waals surface area contributed by atoms with Gasteiger partial charge in [0.2, 0.25) is 11.8 Å².